The van der Waals surface area contributed by atoms with Gasteiger partial charge in [-0.2, -0.15) is 13.2 Å². The number of aliphatic hydroxyl groups is 4. The zero-order chi connectivity index (χ0) is 84.3. The topological polar surface area (TPSA) is 273 Å². The fraction of sp³-hybridized carbons (Fsp3) is 0.835. The molecule has 0 aliphatic heterocycles. The molecule has 16 fully saturated rings. The number of rotatable bonds is 16. The second kappa shape index (κ2) is 33.9. The van der Waals surface area contributed by atoms with E-state index >= 15 is 0 Å². The number of Topliss-reactive ketones (excluding diaryl/α,β-unsaturated/α-hetero) is 4. The maximum absolute atomic E-state index is 13.4. The van der Waals surface area contributed by atoms with Gasteiger partial charge in [-0.3, -0.25) is 19.2 Å². The molecule has 17 nitrogen and oxygen atoms in total. The number of hydrogen-bond donors (Lipinski definition) is 8. The van der Waals surface area contributed by atoms with Gasteiger partial charge < -0.3 is 45.1 Å². The predicted octanol–water partition coefficient (Wildman–Crippen LogP) is 18.5. The van der Waals surface area contributed by atoms with Gasteiger partial charge in [-0.1, -0.05) is 27.7 Å². The van der Waals surface area contributed by atoms with Gasteiger partial charge >= 0.3 is 6.18 Å². The van der Waals surface area contributed by atoms with Crippen LogP contribution in [0.1, 0.15) is 282 Å². The quantitative estimate of drug-likeness (QED) is 0.0486. The van der Waals surface area contributed by atoms with E-state index in [1.165, 1.54) is 51.4 Å². The van der Waals surface area contributed by atoms with Gasteiger partial charge in [-0.05, 0) is 371 Å². The van der Waals surface area contributed by atoms with Crippen molar-refractivity contribution in [1.29, 1.82) is 0 Å². The Balaban J connectivity index is 0.000000114. The fourth-order valence-corrected chi connectivity index (χ4v) is 33.5. The summed E-state index contributed by atoms with van der Waals surface area (Å²) in [4.78, 5) is 81.9. The molecule has 16 saturated carbocycles. The number of hydrogen-bond acceptors (Lipinski definition) is 13. The summed E-state index contributed by atoms with van der Waals surface area (Å²) in [5, 5.41) is 42.1. The van der Waals surface area contributed by atoms with E-state index in [4.69, 9.17) is 4.74 Å². The molecule has 0 spiro atoms. The fourth-order valence-electron chi connectivity index (χ4n) is 33.5. The molecule has 4 heterocycles. The molecule has 664 valence electrons. The van der Waals surface area contributed by atoms with Crippen molar-refractivity contribution >= 4 is 23.1 Å². The standard InChI is InChI=1S/C25H38N2O3.C24H33F3N2O2.C24H34F2N2O2.C24H35FN2O2/c1-24-9-7-18-17-8-10-25(29,15-30-2)14-16(17)3-4-19(18)20(24)5-6-21(24)22(28)13-23-26-11-12-27-23;1-22-8-6-16-15-7-9-23(31,24(25,26)27)13-14(15)2-3-17(16)18(22)4-5-19(22)20(30)12-21-28-10-11-29-21;1-23-8-6-16-15-7-9-24(30,22(25)26)13-14(15)2-3-17(16)18(23)4-5-19(23)20(29)12-21-27-10-11-28-21;1-23-8-6-17-16-7-9-24(29,14-25)13-15(16)2-3-18(17)19(23)4-5-20(23)21(28)12-22-26-10-11-27-22/h11-12,16-21,29H,3-10,13-15H2,1-2H3,(H,26,27);10-11,14-19,31H,2-9,12-13H2,1H3,(H,28,29);10-11,14-19,22,30H,2-9,12-13H2,1H3,(H,27,28);10-11,15-20,29H,2-9,12-14H2,1H3,(H,26,27)/t16-,17+,18-,19-,20+,21-,24+,25-;14-,15+,16-,17-,18+,19-,22+,23-;14-,15+,16-,17-,18+,19-,23+,24-;15-,16+,17-,18-,19+,20-,23+,24-/m1111/s1. The molecule has 23 heteroatoms. The Morgan fingerprint density at radius 1 is 0.383 bits per heavy atom. The average molecular weight is 1680 g/mol. The molecular weight excluding hydrogens is 1540 g/mol. The van der Waals surface area contributed by atoms with Gasteiger partial charge in [0.05, 0.1) is 43.5 Å². The van der Waals surface area contributed by atoms with Gasteiger partial charge in [-0.15, -0.1) is 0 Å². The first-order chi connectivity index (χ1) is 57.3. The summed E-state index contributed by atoms with van der Waals surface area (Å²) in [5.41, 5.74) is -5.57. The van der Waals surface area contributed by atoms with Crippen LogP contribution in [0.15, 0.2) is 49.6 Å². The molecule has 0 unspecified atom stereocenters. The minimum absolute atomic E-state index is 0.000940. The number of H-pyrrole nitrogens is 4. The number of carbonyl (C=O) groups is 4. The second-order valence-corrected chi connectivity index (χ2v) is 44.1. The third-order valence-electron chi connectivity index (χ3n) is 39.0. The Kier molecular flexibility index (Phi) is 24.6. The van der Waals surface area contributed by atoms with E-state index in [9.17, 15) is 65.9 Å². The Morgan fingerprint density at radius 3 is 0.975 bits per heavy atom. The molecule has 0 radical (unpaired) electrons. The Bertz CT molecular complexity index is 4170. The number of ketones is 4. The highest BCUT2D eigenvalue weighted by Crippen LogP contribution is 2.71. The van der Waals surface area contributed by atoms with Crippen molar-refractivity contribution < 1.29 is 70.7 Å². The van der Waals surface area contributed by atoms with Gasteiger partial charge in [0.1, 0.15) is 58.7 Å². The highest BCUT2D eigenvalue weighted by molar-refractivity contribution is 5.85. The summed E-state index contributed by atoms with van der Waals surface area (Å²) >= 11 is 0. The molecular formula is C97H140F6N8O9. The number of aromatic amines is 4. The van der Waals surface area contributed by atoms with Crippen molar-refractivity contribution in [3.05, 3.63) is 72.9 Å². The third-order valence-corrected chi connectivity index (χ3v) is 39.0. The number of imidazole rings is 4. The van der Waals surface area contributed by atoms with Crippen LogP contribution in [0, 0.1) is 164 Å². The van der Waals surface area contributed by atoms with E-state index in [0.29, 0.717) is 152 Å². The summed E-state index contributed by atoms with van der Waals surface area (Å²) < 4.78 is 85.7. The summed E-state index contributed by atoms with van der Waals surface area (Å²) in [6.07, 6.45) is 41.2. The smallest absolute Gasteiger partial charge is 0.387 e. The van der Waals surface area contributed by atoms with Crippen LogP contribution in [0.3, 0.4) is 0 Å². The number of carbonyl (C=O) groups excluding carboxylic acids is 4. The molecule has 20 rings (SSSR count). The van der Waals surface area contributed by atoms with E-state index in [-0.39, 0.29) is 88.6 Å². The monoisotopic (exact) mass is 1680 g/mol. The van der Waals surface area contributed by atoms with Crippen LogP contribution in [0.5, 0.6) is 0 Å². The summed E-state index contributed by atoms with van der Waals surface area (Å²) in [7, 11) is 1.70. The number of alkyl halides is 6. The maximum Gasteiger partial charge on any atom is 0.417 e. The third kappa shape index (κ3) is 16.0. The zero-order valence-corrected chi connectivity index (χ0v) is 72.1. The lowest BCUT2D eigenvalue weighted by Gasteiger charge is -2.57. The van der Waals surface area contributed by atoms with Gasteiger partial charge in [0.25, 0.3) is 6.43 Å². The SMILES string of the molecule is COC[C@@]1(O)CC[C@H]2[C@H](CC[C@@H]3[C@@H]2CC[C@]2(C)[C@@H](C(=O)Cc4ncc[nH]4)CC[C@@H]32)C1.C[C@]12CC[C@H]3[C@@H](CC[C@@H]4C[C@@](O)(C(F)(F)F)CC[C@@H]43)[C@@H]1CC[C@@H]2C(=O)Cc1ncc[nH]1.C[C@]12CC[C@H]3[C@@H](CC[C@@H]4C[C@@](O)(C(F)F)CC[C@@H]43)[C@@H]1CC[C@@H]2C(=O)Cc1ncc[nH]1.C[C@]12CC[C@H]3[C@@H](CC[C@@H]4C[C@@](O)(CF)CC[C@@H]43)[C@@H]1CC[C@@H]2C(=O)Cc1ncc[nH]1. The molecule has 8 N–H and O–H groups in total. The van der Waals surface area contributed by atoms with Crippen molar-refractivity contribution in [3.63, 3.8) is 0 Å². The number of fused-ring (bicyclic) bond motifs is 20. The molecule has 32 atom stereocenters. The Labute approximate surface area is 706 Å². The predicted molar refractivity (Wildman–Crippen MR) is 441 cm³/mol. The van der Waals surface area contributed by atoms with Crippen LogP contribution in [0.2, 0.25) is 0 Å². The number of aromatic nitrogens is 8. The molecule has 0 aromatic carbocycles. The molecule has 0 bridgehead atoms. The molecule has 16 aliphatic rings. The van der Waals surface area contributed by atoms with E-state index in [1.807, 2.05) is 6.20 Å². The lowest BCUT2D eigenvalue weighted by atomic mass is 9.48. The van der Waals surface area contributed by atoms with Gasteiger partial charge in [0.2, 0.25) is 0 Å². The van der Waals surface area contributed by atoms with Crippen molar-refractivity contribution in [2.45, 2.75) is 320 Å². The Hall–Kier alpha value is -5.10. The van der Waals surface area contributed by atoms with Crippen LogP contribution >= 0.6 is 0 Å². The molecule has 120 heavy (non-hydrogen) atoms. The van der Waals surface area contributed by atoms with Gasteiger partial charge in [-0.25, -0.2) is 33.1 Å². The zero-order valence-electron chi connectivity index (χ0n) is 72.1. The van der Waals surface area contributed by atoms with Crippen LogP contribution in [0.25, 0.3) is 0 Å². The first-order valence-corrected chi connectivity index (χ1v) is 47.6. The minimum atomic E-state index is -4.53. The van der Waals surface area contributed by atoms with E-state index in [2.05, 4.69) is 67.6 Å². The van der Waals surface area contributed by atoms with Crippen LogP contribution in [-0.4, -0.2) is 139 Å². The number of nitrogens with one attached hydrogen (secondary N) is 4. The lowest BCUT2D eigenvalue weighted by molar-refractivity contribution is -0.282. The second-order valence-electron chi connectivity index (χ2n) is 44.1. The highest BCUT2D eigenvalue weighted by Gasteiger charge is 2.66. The molecule has 0 amide bonds. The normalized spacial score (nSPS) is 45.6. The van der Waals surface area contributed by atoms with Crippen molar-refractivity contribution in [2.24, 2.45) is 164 Å². The largest absolute Gasteiger partial charge is 0.417 e. The van der Waals surface area contributed by atoms with Crippen molar-refractivity contribution in [1.82, 2.24) is 39.9 Å². The van der Waals surface area contributed by atoms with Crippen LogP contribution < -0.4 is 0 Å². The van der Waals surface area contributed by atoms with Crippen LogP contribution in [0.4, 0.5) is 26.3 Å². The minimum Gasteiger partial charge on any atom is -0.387 e. The number of halogens is 6. The molecule has 4 aromatic heterocycles. The number of methoxy groups -OCH3 is 1. The average Bonchev–Trinajstić information content (AvgIpc) is 1.47. The van der Waals surface area contributed by atoms with Gasteiger partial charge in [0, 0.05) is 80.4 Å². The summed E-state index contributed by atoms with van der Waals surface area (Å²) in [6, 6.07) is 0. The van der Waals surface area contributed by atoms with E-state index in [0.717, 1.165) is 182 Å². The van der Waals surface area contributed by atoms with Crippen molar-refractivity contribution in [2.75, 3.05) is 20.4 Å². The highest BCUT2D eigenvalue weighted by atomic mass is 19.4. The molecule has 0 saturated heterocycles. The molecule has 16 aliphatic carbocycles. The summed E-state index contributed by atoms with van der Waals surface area (Å²) in [6.45, 7) is 9.33. The Morgan fingerprint density at radius 2 is 0.675 bits per heavy atom. The van der Waals surface area contributed by atoms with E-state index in [1.54, 1.807) is 50.5 Å². The number of ether oxygens (including phenoxy) is 1. The van der Waals surface area contributed by atoms with E-state index < -0.39 is 41.7 Å². The first kappa shape index (κ1) is 87.0. The van der Waals surface area contributed by atoms with Crippen molar-refractivity contribution in [3.8, 4) is 0 Å². The first-order valence-electron chi connectivity index (χ1n) is 47.6. The molecule has 4 aromatic rings. The summed E-state index contributed by atoms with van der Waals surface area (Å²) in [5.74, 6) is 16.1. The number of nitrogens with zero attached hydrogens (tertiary/aromatic N) is 4. The maximum atomic E-state index is 13.4. The van der Waals surface area contributed by atoms with Gasteiger partial charge in [0.15, 0.2) is 5.60 Å². The van der Waals surface area contributed by atoms with Crippen LogP contribution in [-0.2, 0) is 49.6 Å². The lowest BCUT2D eigenvalue weighted by Crippen LogP contribution is -2.55.